The number of carboxylic acids is 1. The number of urea groups is 1. The molecule has 2 N–H and O–H groups in total. The second kappa shape index (κ2) is 6.16. The summed E-state index contributed by atoms with van der Waals surface area (Å²) in [6.07, 6.45) is 2.05. The molecule has 0 unspecified atom stereocenters. The predicted octanol–water partition coefficient (Wildman–Crippen LogP) is 3.35. The molecule has 2 rings (SSSR count). The van der Waals surface area contributed by atoms with Gasteiger partial charge >= 0.3 is 12.0 Å². The lowest BCUT2D eigenvalue weighted by atomic mass is 10.1. The number of anilines is 1. The number of carbonyl (C=O) groups is 2. The Morgan fingerprint density at radius 1 is 1.38 bits per heavy atom. The normalized spacial score (nSPS) is 14.1. The largest absolute Gasteiger partial charge is 0.478 e. The Morgan fingerprint density at radius 2 is 2.05 bits per heavy atom. The van der Waals surface area contributed by atoms with Crippen molar-refractivity contribution in [3.05, 3.63) is 29.3 Å². The molecule has 5 nitrogen and oxygen atoms in total. The molecule has 5 heteroatoms. The van der Waals surface area contributed by atoms with Gasteiger partial charge in [-0.3, -0.25) is 0 Å². The first-order chi connectivity index (χ1) is 9.90. The molecule has 114 valence electrons. The number of aryl methyl sites for hydroxylation is 1. The summed E-state index contributed by atoms with van der Waals surface area (Å²) in [5.74, 6) is -0.650. The Bertz CT molecular complexity index is 550. The van der Waals surface area contributed by atoms with Gasteiger partial charge in [-0.25, -0.2) is 9.59 Å². The maximum atomic E-state index is 12.5. The summed E-state index contributed by atoms with van der Waals surface area (Å²) in [5, 5.41) is 12.0. The molecule has 1 aliphatic carbocycles. The number of aromatic carboxylic acids is 1. The zero-order valence-electron chi connectivity index (χ0n) is 12.7. The van der Waals surface area contributed by atoms with Crippen LogP contribution in [0.1, 0.15) is 42.6 Å². The van der Waals surface area contributed by atoms with Gasteiger partial charge in [-0.2, -0.15) is 0 Å². The van der Waals surface area contributed by atoms with Crippen LogP contribution in [0.15, 0.2) is 18.2 Å². The van der Waals surface area contributed by atoms with E-state index in [9.17, 15) is 14.7 Å². The Balaban J connectivity index is 2.20. The van der Waals surface area contributed by atoms with Gasteiger partial charge in [0.1, 0.15) is 0 Å². The summed E-state index contributed by atoms with van der Waals surface area (Å²) >= 11 is 0. The summed E-state index contributed by atoms with van der Waals surface area (Å²) in [4.78, 5) is 25.6. The lowest BCUT2D eigenvalue weighted by molar-refractivity contribution is 0.0698. The van der Waals surface area contributed by atoms with Crippen LogP contribution in [0, 0.1) is 12.8 Å². The number of amides is 2. The second-order valence-electron chi connectivity index (χ2n) is 6.01. The number of benzene rings is 1. The minimum atomic E-state index is -1.03. The molecule has 0 bridgehead atoms. The van der Waals surface area contributed by atoms with Crippen LogP contribution in [-0.2, 0) is 0 Å². The monoisotopic (exact) mass is 290 g/mol. The number of carboxylic acid groups (broad SMARTS) is 1. The smallest absolute Gasteiger partial charge is 0.337 e. The molecule has 1 fully saturated rings. The van der Waals surface area contributed by atoms with Crippen LogP contribution in [0.4, 0.5) is 10.5 Å². The molecule has 1 aliphatic rings. The molecule has 0 saturated heterocycles. The average Bonchev–Trinajstić information content (AvgIpc) is 3.22. The average molecular weight is 290 g/mol. The van der Waals surface area contributed by atoms with Crippen molar-refractivity contribution in [1.82, 2.24) is 4.90 Å². The fraction of sp³-hybridized carbons (Fsp3) is 0.500. The number of rotatable bonds is 5. The van der Waals surface area contributed by atoms with E-state index in [1.54, 1.807) is 19.1 Å². The highest BCUT2D eigenvalue weighted by atomic mass is 16.4. The van der Waals surface area contributed by atoms with Gasteiger partial charge in [-0.05, 0) is 37.3 Å². The van der Waals surface area contributed by atoms with Crippen LogP contribution >= 0.6 is 0 Å². The highest BCUT2D eigenvalue weighted by molar-refractivity contribution is 6.01. The van der Waals surface area contributed by atoms with Crippen molar-refractivity contribution < 1.29 is 14.7 Å². The molecule has 2 amide bonds. The Morgan fingerprint density at radius 3 is 2.57 bits per heavy atom. The lowest BCUT2D eigenvalue weighted by Gasteiger charge is -2.25. The minimum Gasteiger partial charge on any atom is -0.478 e. The molecule has 21 heavy (non-hydrogen) atoms. The van der Waals surface area contributed by atoms with Gasteiger partial charge in [0.25, 0.3) is 0 Å². The van der Waals surface area contributed by atoms with Crippen molar-refractivity contribution >= 4 is 17.7 Å². The van der Waals surface area contributed by atoms with Crippen molar-refractivity contribution in [2.45, 2.75) is 39.7 Å². The van der Waals surface area contributed by atoms with Crippen molar-refractivity contribution in [2.24, 2.45) is 5.92 Å². The Hall–Kier alpha value is -2.04. The predicted molar refractivity (Wildman–Crippen MR) is 81.7 cm³/mol. The summed E-state index contributed by atoms with van der Waals surface area (Å²) in [5.41, 5.74) is 1.27. The summed E-state index contributed by atoms with van der Waals surface area (Å²) in [6.45, 7) is 6.62. The van der Waals surface area contributed by atoms with E-state index < -0.39 is 5.97 Å². The molecule has 0 aliphatic heterocycles. The molecule has 0 aromatic heterocycles. The standard InChI is InChI=1S/C16H22N2O3/c1-10(2)9-18(12-7-8-12)16(21)17-14-11(3)5-4-6-13(14)15(19)20/h4-6,10,12H,7-9H2,1-3H3,(H,17,21)(H,19,20). The van der Waals surface area contributed by atoms with Gasteiger partial charge in [0.15, 0.2) is 0 Å². The van der Waals surface area contributed by atoms with Crippen molar-refractivity contribution in [2.75, 3.05) is 11.9 Å². The van der Waals surface area contributed by atoms with E-state index in [2.05, 4.69) is 19.2 Å². The third kappa shape index (κ3) is 3.74. The highest BCUT2D eigenvalue weighted by Crippen LogP contribution is 2.29. The maximum absolute atomic E-state index is 12.5. The molecular weight excluding hydrogens is 268 g/mol. The number of hydrogen-bond acceptors (Lipinski definition) is 2. The van der Waals surface area contributed by atoms with E-state index in [0.29, 0.717) is 24.2 Å². The van der Waals surface area contributed by atoms with Crippen molar-refractivity contribution in [1.29, 1.82) is 0 Å². The molecule has 0 atom stereocenters. The van der Waals surface area contributed by atoms with Crippen LogP contribution in [0.5, 0.6) is 0 Å². The van der Waals surface area contributed by atoms with Gasteiger partial charge in [-0.1, -0.05) is 26.0 Å². The summed E-state index contributed by atoms with van der Waals surface area (Å²) in [7, 11) is 0. The van der Waals surface area contributed by atoms with Crippen LogP contribution in [0.2, 0.25) is 0 Å². The topological polar surface area (TPSA) is 69.6 Å². The first kappa shape index (κ1) is 15.4. The molecule has 1 aromatic carbocycles. The summed E-state index contributed by atoms with van der Waals surface area (Å²) < 4.78 is 0. The van der Waals surface area contributed by atoms with E-state index in [-0.39, 0.29) is 11.6 Å². The summed E-state index contributed by atoms with van der Waals surface area (Å²) in [6, 6.07) is 5.08. The maximum Gasteiger partial charge on any atom is 0.337 e. The molecule has 1 aromatic rings. The molecule has 0 heterocycles. The number of hydrogen-bond donors (Lipinski definition) is 2. The third-order valence-corrected chi connectivity index (χ3v) is 3.55. The number of nitrogens with one attached hydrogen (secondary N) is 1. The zero-order chi connectivity index (χ0) is 15.6. The van der Waals surface area contributed by atoms with Gasteiger partial charge < -0.3 is 15.3 Å². The third-order valence-electron chi connectivity index (χ3n) is 3.55. The number of para-hydroxylation sites is 1. The van der Waals surface area contributed by atoms with Gasteiger partial charge in [0.2, 0.25) is 0 Å². The van der Waals surface area contributed by atoms with Crippen molar-refractivity contribution in [3.63, 3.8) is 0 Å². The van der Waals surface area contributed by atoms with Crippen molar-refractivity contribution in [3.8, 4) is 0 Å². The van der Waals surface area contributed by atoms with Gasteiger partial charge in [0, 0.05) is 12.6 Å². The molecule has 0 radical (unpaired) electrons. The Labute approximate surface area is 125 Å². The Kier molecular flexibility index (Phi) is 4.50. The first-order valence-corrected chi connectivity index (χ1v) is 7.30. The molecule has 0 spiro atoms. The number of nitrogens with zero attached hydrogens (tertiary/aromatic N) is 1. The van der Waals surface area contributed by atoms with Gasteiger partial charge in [-0.15, -0.1) is 0 Å². The zero-order valence-corrected chi connectivity index (χ0v) is 12.7. The molecular formula is C16H22N2O3. The van der Waals surface area contributed by atoms with E-state index >= 15 is 0 Å². The number of carbonyl (C=O) groups excluding carboxylic acids is 1. The van der Waals surface area contributed by atoms with Crippen LogP contribution in [-0.4, -0.2) is 34.6 Å². The van der Waals surface area contributed by atoms with Gasteiger partial charge in [0.05, 0.1) is 11.3 Å². The fourth-order valence-electron chi connectivity index (χ4n) is 2.37. The molecule has 1 saturated carbocycles. The highest BCUT2D eigenvalue weighted by Gasteiger charge is 2.33. The SMILES string of the molecule is Cc1cccc(C(=O)O)c1NC(=O)N(CC(C)C)C1CC1. The fourth-order valence-corrected chi connectivity index (χ4v) is 2.37. The van der Waals surface area contributed by atoms with E-state index in [1.165, 1.54) is 6.07 Å². The van der Waals surface area contributed by atoms with E-state index in [0.717, 1.165) is 18.4 Å². The van der Waals surface area contributed by atoms with Crippen LogP contribution in [0.25, 0.3) is 0 Å². The minimum absolute atomic E-state index is 0.128. The first-order valence-electron chi connectivity index (χ1n) is 7.30. The van der Waals surface area contributed by atoms with E-state index in [4.69, 9.17) is 0 Å². The van der Waals surface area contributed by atoms with Crippen LogP contribution in [0.3, 0.4) is 0 Å². The quantitative estimate of drug-likeness (QED) is 0.873. The lowest BCUT2D eigenvalue weighted by Crippen LogP contribution is -2.39. The van der Waals surface area contributed by atoms with Crippen LogP contribution < -0.4 is 5.32 Å². The second-order valence-corrected chi connectivity index (χ2v) is 6.01. The van der Waals surface area contributed by atoms with E-state index in [1.807, 2.05) is 4.90 Å².